The number of ether oxygens (including phenoxy) is 2. The van der Waals surface area contributed by atoms with Gasteiger partial charge in [0.25, 0.3) is 0 Å². The largest absolute Gasteiger partial charge is 0.513 e. The highest BCUT2D eigenvalue weighted by Gasteiger charge is 2.08. The van der Waals surface area contributed by atoms with E-state index in [9.17, 15) is 4.79 Å². The van der Waals surface area contributed by atoms with Gasteiger partial charge in [-0.25, -0.2) is 9.79 Å². The molecule has 80 valence electrons. The molecule has 14 heavy (non-hydrogen) atoms. The van der Waals surface area contributed by atoms with Gasteiger partial charge < -0.3 is 14.6 Å². The van der Waals surface area contributed by atoms with Gasteiger partial charge in [0.1, 0.15) is 6.26 Å². The number of aliphatic hydroxyl groups is 1. The normalized spacial score (nSPS) is 12.1. The molecule has 0 amide bonds. The molecule has 0 heterocycles. The molecule has 0 aromatic carbocycles. The molecular formula is C9H15NO4. The maximum Gasteiger partial charge on any atom is 0.360 e. The van der Waals surface area contributed by atoms with Gasteiger partial charge in [-0.2, -0.15) is 0 Å². The highest BCUT2D eigenvalue weighted by molar-refractivity contribution is 5.89. The van der Waals surface area contributed by atoms with Crippen molar-refractivity contribution in [1.29, 1.82) is 0 Å². The molecule has 0 fully saturated rings. The third-order valence-electron chi connectivity index (χ3n) is 1.13. The monoisotopic (exact) mass is 201 g/mol. The Bertz CT molecular complexity index is 233. The van der Waals surface area contributed by atoms with E-state index in [-0.39, 0.29) is 18.4 Å². The van der Waals surface area contributed by atoms with Crippen molar-refractivity contribution < 1.29 is 19.4 Å². The van der Waals surface area contributed by atoms with Gasteiger partial charge in [-0.1, -0.05) is 0 Å². The Hall–Kier alpha value is -1.52. The second-order valence-corrected chi connectivity index (χ2v) is 2.65. The maximum absolute atomic E-state index is 11.0. The smallest absolute Gasteiger partial charge is 0.360 e. The summed E-state index contributed by atoms with van der Waals surface area (Å²) in [6.07, 6.45) is 1.66. The fourth-order valence-electron chi connectivity index (χ4n) is 0.553. The van der Waals surface area contributed by atoms with E-state index in [2.05, 4.69) is 9.73 Å². The highest BCUT2D eigenvalue weighted by atomic mass is 16.5. The van der Waals surface area contributed by atoms with Crippen molar-refractivity contribution in [3.63, 3.8) is 0 Å². The van der Waals surface area contributed by atoms with Crippen LogP contribution in [-0.2, 0) is 14.3 Å². The summed E-state index contributed by atoms with van der Waals surface area (Å²) in [5.41, 5.74) is -0.187. The van der Waals surface area contributed by atoms with E-state index in [1.54, 1.807) is 6.92 Å². The van der Waals surface area contributed by atoms with E-state index >= 15 is 0 Å². The zero-order valence-corrected chi connectivity index (χ0v) is 8.56. The number of carbonyl (C=O) groups excluding carboxylic acids is 1. The molecule has 0 unspecified atom stereocenters. The summed E-state index contributed by atoms with van der Waals surface area (Å²) in [6, 6.07) is 0. The first-order chi connectivity index (χ1) is 6.61. The van der Waals surface area contributed by atoms with Crippen LogP contribution in [0.4, 0.5) is 0 Å². The van der Waals surface area contributed by atoms with Crippen molar-refractivity contribution in [2.24, 2.45) is 4.99 Å². The maximum atomic E-state index is 11.0. The van der Waals surface area contributed by atoms with Crippen molar-refractivity contribution in [3.8, 4) is 0 Å². The number of aliphatic hydroxyl groups excluding tert-OH is 1. The van der Waals surface area contributed by atoms with Crippen LogP contribution in [0.2, 0.25) is 0 Å². The standard InChI is InChI=1S/C9H15NO4/c1-4-13-9(12)8(5-11)10-6-14-7(2)3/h5-7,11H,4H2,1-3H3/b8-5+,10-6?. The quantitative estimate of drug-likeness (QED) is 0.240. The fourth-order valence-corrected chi connectivity index (χ4v) is 0.553. The van der Waals surface area contributed by atoms with Crippen LogP contribution in [0.1, 0.15) is 20.8 Å². The average molecular weight is 201 g/mol. The summed E-state index contributed by atoms with van der Waals surface area (Å²) >= 11 is 0. The molecule has 0 aliphatic heterocycles. The lowest BCUT2D eigenvalue weighted by molar-refractivity contribution is -0.138. The molecule has 0 rings (SSSR count). The van der Waals surface area contributed by atoms with Gasteiger partial charge in [0.05, 0.1) is 12.7 Å². The summed E-state index contributed by atoms with van der Waals surface area (Å²) in [7, 11) is 0. The number of carbonyl (C=O) groups is 1. The van der Waals surface area contributed by atoms with Gasteiger partial charge >= 0.3 is 5.97 Å². The van der Waals surface area contributed by atoms with Gasteiger partial charge in [0.2, 0.25) is 0 Å². The number of aliphatic imine (C=N–C) groups is 1. The first kappa shape index (κ1) is 12.5. The summed E-state index contributed by atoms with van der Waals surface area (Å²) in [5.74, 6) is -0.682. The summed E-state index contributed by atoms with van der Waals surface area (Å²) in [5, 5.41) is 8.66. The lowest BCUT2D eigenvalue weighted by atomic mass is 10.5. The van der Waals surface area contributed by atoms with Crippen LogP contribution < -0.4 is 0 Å². The van der Waals surface area contributed by atoms with E-state index in [0.29, 0.717) is 6.26 Å². The number of hydrogen-bond acceptors (Lipinski definition) is 5. The van der Waals surface area contributed by atoms with E-state index < -0.39 is 5.97 Å². The third kappa shape index (κ3) is 5.18. The molecule has 5 nitrogen and oxygen atoms in total. The summed E-state index contributed by atoms with van der Waals surface area (Å²) in [6.45, 7) is 5.54. The lowest BCUT2D eigenvalue weighted by Crippen LogP contribution is -2.07. The fraction of sp³-hybridized carbons (Fsp3) is 0.556. The topological polar surface area (TPSA) is 68.1 Å². The number of hydrogen-bond donors (Lipinski definition) is 1. The van der Waals surface area contributed by atoms with Gasteiger partial charge in [-0.05, 0) is 20.8 Å². The van der Waals surface area contributed by atoms with Gasteiger partial charge in [0, 0.05) is 0 Å². The number of nitrogens with zero attached hydrogens (tertiary/aromatic N) is 1. The van der Waals surface area contributed by atoms with Crippen LogP contribution in [0.25, 0.3) is 0 Å². The molecule has 0 spiro atoms. The third-order valence-corrected chi connectivity index (χ3v) is 1.13. The summed E-state index contributed by atoms with van der Waals surface area (Å²) < 4.78 is 9.57. The zero-order valence-electron chi connectivity index (χ0n) is 8.56. The first-order valence-electron chi connectivity index (χ1n) is 4.31. The van der Waals surface area contributed by atoms with Crippen LogP contribution in [0, 0.1) is 0 Å². The SMILES string of the molecule is CCOC(=O)/C(=C\O)N=COC(C)C. The van der Waals surface area contributed by atoms with Gasteiger partial charge in [-0.3, -0.25) is 0 Å². The molecule has 0 atom stereocenters. The van der Waals surface area contributed by atoms with Crippen LogP contribution in [0.5, 0.6) is 0 Å². The van der Waals surface area contributed by atoms with E-state index in [0.717, 1.165) is 6.40 Å². The van der Waals surface area contributed by atoms with Crippen LogP contribution >= 0.6 is 0 Å². The second-order valence-electron chi connectivity index (χ2n) is 2.65. The zero-order chi connectivity index (χ0) is 11.0. The average Bonchev–Trinajstić information content (AvgIpc) is 2.12. The van der Waals surface area contributed by atoms with Crippen molar-refractivity contribution in [2.75, 3.05) is 6.61 Å². The molecule has 0 saturated carbocycles. The van der Waals surface area contributed by atoms with E-state index in [1.165, 1.54) is 0 Å². The molecule has 0 aliphatic rings. The Labute approximate surface area is 83.0 Å². The number of esters is 1. The Kier molecular flexibility index (Phi) is 6.19. The molecule has 0 saturated heterocycles. The first-order valence-corrected chi connectivity index (χ1v) is 4.31. The van der Waals surface area contributed by atoms with Crippen molar-refractivity contribution in [1.82, 2.24) is 0 Å². The van der Waals surface area contributed by atoms with Crippen LogP contribution in [-0.4, -0.2) is 30.2 Å². The molecule has 0 aromatic heterocycles. The molecule has 0 bridgehead atoms. The Morgan fingerprint density at radius 1 is 1.57 bits per heavy atom. The van der Waals surface area contributed by atoms with Crippen LogP contribution in [0.3, 0.4) is 0 Å². The summed E-state index contributed by atoms with van der Waals surface area (Å²) in [4.78, 5) is 14.6. The molecule has 5 heteroatoms. The van der Waals surface area contributed by atoms with E-state index in [4.69, 9.17) is 9.84 Å². The molecule has 0 aromatic rings. The molecular weight excluding hydrogens is 186 g/mol. The predicted octanol–water partition coefficient (Wildman–Crippen LogP) is 1.40. The Balaban J connectivity index is 4.17. The minimum atomic E-state index is -0.682. The Morgan fingerprint density at radius 2 is 2.21 bits per heavy atom. The van der Waals surface area contributed by atoms with Gasteiger partial charge in [-0.15, -0.1) is 0 Å². The van der Waals surface area contributed by atoms with Crippen molar-refractivity contribution in [3.05, 3.63) is 12.0 Å². The lowest BCUT2D eigenvalue weighted by Gasteiger charge is -2.03. The minimum Gasteiger partial charge on any atom is -0.513 e. The number of rotatable bonds is 5. The molecule has 1 N–H and O–H groups in total. The highest BCUT2D eigenvalue weighted by Crippen LogP contribution is 1.98. The van der Waals surface area contributed by atoms with E-state index in [1.807, 2.05) is 13.8 Å². The van der Waals surface area contributed by atoms with Crippen molar-refractivity contribution >= 4 is 12.4 Å². The Morgan fingerprint density at radius 3 is 2.64 bits per heavy atom. The predicted molar refractivity (Wildman–Crippen MR) is 52.1 cm³/mol. The van der Waals surface area contributed by atoms with Crippen molar-refractivity contribution in [2.45, 2.75) is 26.9 Å². The molecule has 0 aliphatic carbocycles. The molecule has 0 radical (unpaired) electrons. The van der Waals surface area contributed by atoms with Gasteiger partial charge in [0.15, 0.2) is 12.1 Å². The second kappa shape index (κ2) is 6.94. The van der Waals surface area contributed by atoms with Crippen LogP contribution in [0.15, 0.2) is 17.0 Å². The minimum absolute atomic E-state index is 0.0270.